The second-order valence-electron chi connectivity index (χ2n) is 3.85. The fourth-order valence-corrected chi connectivity index (χ4v) is 1.71. The van der Waals surface area contributed by atoms with Gasteiger partial charge in [-0.2, -0.15) is 0 Å². The lowest BCUT2D eigenvalue weighted by atomic mass is 10.2. The van der Waals surface area contributed by atoms with Crippen molar-refractivity contribution in [3.05, 3.63) is 0 Å². The Morgan fingerprint density at radius 1 is 1.27 bits per heavy atom. The Kier molecular flexibility index (Phi) is 3.38. The summed E-state index contributed by atoms with van der Waals surface area (Å²) in [6.45, 7) is 7.04. The van der Waals surface area contributed by atoms with Crippen molar-refractivity contribution in [3.63, 3.8) is 0 Å². The Balaban J connectivity index is 1.97. The van der Waals surface area contributed by atoms with Crippen molar-refractivity contribution in [2.45, 2.75) is 33.1 Å². The zero-order valence-electron chi connectivity index (χ0n) is 8.14. The van der Waals surface area contributed by atoms with Crippen LogP contribution < -0.4 is 0 Å². The standard InChI is InChI=1S/C10H21N/c1-4-9-8-10(9)6-7-11(3)5-2/h9-10H,4-8H2,1-3H3. The Hall–Kier alpha value is -0.0400. The van der Waals surface area contributed by atoms with Crippen molar-refractivity contribution in [1.29, 1.82) is 0 Å². The van der Waals surface area contributed by atoms with Crippen LogP contribution in [0.4, 0.5) is 0 Å². The molecule has 0 saturated heterocycles. The third-order valence-electron chi connectivity index (χ3n) is 3.01. The molecule has 1 heteroatoms. The number of nitrogens with zero attached hydrogens (tertiary/aromatic N) is 1. The van der Waals surface area contributed by atoms with Crippen molar-refractivity contribution in [2.75, 3.05) is 20.1 Å². The van der Waals surface area contributed by atoms with Gasteiger partial charge in [0.2, 0.25) is 0 Å². The Morgan fingerprint density at radius 2 is 2.00 bits per heavy atom. The highest BCUT2D eigenvalue weighted by Crippen LogP contribution is 2.43. The molecule has 1 rings (SSSR count). The molecule has 1 nitrogen and oxygen atoms in total. The topological polar surface area (TPSA) is 3.24 Å². The van der Waals surface area contributed by atoms with Crippen LogP contribution >= 0.6 is 0 Å². The molecule has 0 radical (unpaired) electrons. The van der Waals surface area contributed by atoms with Crippen molar-refractivity contribution in [1.82, 2.24) is 4.90 Å². The average Bonchev–Trinajstić information content (AvgIpc) is 2.78. The maximum absolute atomic E-state index is 2.41. The molecule has 1 aliphatic carbocycles. The van der Waals surface area contributed by atoms with Crippen LogP contribution in [-0.2, 0) is 0 Å². The van der Waals surface area contributed by atoms with E-state index in [2.05, 4.69) is 25.8 Å². The average molecular weight is 155 g/mol. The first-order valence-electron chi connectivity index (χ1n) is 4.96. The summed E-state index contributed by atoms with van der Waals surface area (Å²) in [5, 5.41) is 0. The maximum Gasteiger partial charge on any atom is -0.00192 e. The lowest BCUT2D eigenvalue weighted by Gasteiger charge is -2.12. The molecule has 0 aromatic rings. The van der Waals surface area contributed by atoms with Crippen molar-refractivity contribution in [2.24, 2.45) is 11.8 Å². The van der Waals surface area contributed by atoms with Crippen LogP contribution in [-0.4, -0.2) is 25.0 Å². The second-order valence-corrected chi connectivity index (χ2v) is 3.85. The van der Waals surface area contributed by atoms with Crippen LogP contribution in [0.1, 0.15) is 33.1 Å². The van der Waals surface area contributed by atoms with Gasteiger partial charge in [-0.3, -0.25) is 0 Å². The van der Waals surface area contributed by atoms with E-state index in [-0.39, 0.29) is 0 Å². The predicted molar refractivity (Wildman–Crippen MR) is 49.7 cm³/mol. The molecule has 0 heterocycles. The lowest BCUT2D eigenvalue weighted by Crippen LogP contribution is -2.19. The van der Waals surface area contributed by atoms with Gasteiger partial charge < -0.3 is 4.90 Å². The van der Waals surface area contributed by atoms with E-state index in [1.54, 1.807) is 0 Å². The molecule has 0 aromatic heterocycles. The van der Waals surface area contributed by atoms with Gasteiger partial charge in [-0.25, -0.2) is 0 Å². The summed E-state index contributed by atoms with van der Waals surface area (Å²) in [6, 6.07) is 0. The van der Waals surface area contributed by atoms with Gasteiger partial charge in [0.1, 0.15) is 0 Å². The first-order valence-corrected chi connectivity index (χ1v) is 4.96. The summed E-state index contributed by atoms with van der Waals surface area (Å²) in [4.78, 5) is 2.41. The van der Waals surface area contributed by atoms with Gasteiger partial charge in [0.05, 0.1) is 0 Å². The van der Waals surface area contributed by atoms with Crippen LogP contribution in [0.25, 0.3) is 0 Å². The van der Waals surface area contributed by atoms with Gasteiger partial charge >= 0.3 is 0 Å². The quantitative estimate of drug-likeness (QED) is 0.589. The largest absolute Gasteiger partial charge is 0.307 e. The summed E-state index contributed by atoms with van der Waals surface area (Å²) in [5.74, 6) is 2.16. The molecular formula is C10H21N. The second kappa shape index (κ2) is 4.10. The van der Waals surface area contributed by atoms with E-state index in [0.717, 1.165) is 11.8 Å². The van der Waals surface area contributed by atoms with Gasteiger partial charge in [0.15, 0.2) is 0 Å². The third kappa shape index (κ3) is 2.82. The van der Waals surface area contributed by atoms with Crippen LogP contribution in [0.3, 0.4) is 0 Å². The fourth-order valence-electron chi connectivity index (χ4n) is 1.71. The molecule has 1 aliphatic rings. The van der Waals surface area contributed by atoms with Crippen molar-refractivity contribution in [3.8, 4) is 0 Å². The van der Waals surface area contributed by atoms with E-state index in [1.807, 2.05) is 0 Å². The first-order chi connectivity index (χ1) is 5.27. The lowest BCUT2D eigenvalue weighted by molar-refractivity contribution is 0.335. The van der Waals surface area contributed by atoms with E-state index in [0.29, 0.717) is 0 Å². The van der Waals surface area contributed by atoms with Gasteiger partial charge in [-0.15, -0.1) is 0 Å². The summed E-state index contributed by atoms with van der Waals surface area (Å²) in [7, 11) is 2.21. The zero-order valence-corrected chi connectivity index (χ0v) is 8.14. The van der Waals surface area contributed by atoms with Gasteiger partial charge in [-0.1, -0.05) is 20.3 Å². The van der Waals surface area contributed by atoms with Crippen LogP contribution in [0.15, 0.2) is 0 Å². The molecule has 1 saturated carbocycles. The number of rotatable bonds is 5. The van der Waals surface area contributed by atoms with Crippen LogP contribution in [0, 0.1) is 11.8 Å². The van der Waals surface area contributed by atoms with Crippen LogP contribution in [0.5, 0.6) is 0 Å². The van der Waals surface area contributed by atoms with Gasteiger partial charge in [-0.05, 0) is 44.8 Å². The molecular weight excluding hydrogens is 134 g/mol. The Bertz CT molecular complexity index is 111. The normalized spacial score (nSPS) is 29.5. The molecule has 0 spiro atoms. The first kappa shape index (κ1) is 9.05. The zero-order chi connectivity index (χ0) is 8.27. The smallest absolute Gasteiger partial charge is 0.00192 e. The highest BCUT2D eigenvalue weighted by molar-refractivity contribution is 4.85. The molecule has 0 bridgehead atoms. The Morgan fingerprint density at radius 3 is 2.45 bits per heavy atom. The van der Waals surface area contributed by atoms with E-state index >= 15 is 0 Å². The molecule has 0 amide bonds. The SMILES string of the molecule is CCC1CC1CCN(C)CC. The summed E-state index contributed by atoms with van der Waals surface area (Å²) in [5.41, 5.74) is 0. The minimum atomic E-state index is 1.08. The third-order valence-corrected chi connectivity index (χ3v) is 3.01. The maximum atomic E-state index is 2.41. The molecule has 0 aromatic carbocycles. The van der Waals surface area contributed by atoms with E-state index in [1.165, 1.54) is 32.4 Å². The molecule has 2 atom stereocenters. The fraction of sp³-hybridized carbons (Fsp3) is 1.00. The summed E-state index contributed by atoms with van der Waals surface area (Å²) < 4.78 is 0. The van der Waals surface area contributed by atoms with Crippen molar-refractivity contribution >= 4 is 0 Å². The highest BCUT2D eigenvalue weighted by atomic mass is 15.1. The minimum absolute atomic E-state index is 1.08. The molecule has 0 N–H and O–H groups in total. The predicted octanol–water partition coefficient (Wildman–Crippen LogP) is 2.37. The summed E-state index contributed by atoms with van der Waals surface area (Å²) in [6.07, 6.45) is 4.34. The number of hydrogen-bond donors (Lipinski definition) is 0. The molecule has 0 aliphatic heterocycles. The monoisotopic (exact) mass is 155 g/mol. The van der Waals surface area contributed by atoms with E-state index < -0.39 is 0 Å². The minimum Gasteiger partial charge on any atom is -0.307 e. The molecule has 11 heavy (non-hydrogen) atoms. The summed E-state index contributed by atoms with van der Waals surface area (Å²) >= 11 is 0. The molecule has 66 valence electrons. The van der Waals surface area contributed by atoms with Crippen LogP contribution in [0.2, 0.25) is 0 Å². The molecule has 2 unspecified atom stereocenters. The van der Waals surface area contributed by atoms with E-state index in [4.69, 9.17) is 0 Å². The van der Waals surface area contributed by atoms with Gasteiger partial charge in [0.25, 0.3) is 0 Å². The van der Waals surface area contributed by atoms with Crippen molar-refractivity contribution < 1.29 is 0 Å². The highest BCUT2D eigenvalue weighted by Gasteiger charge is 2.34. The van der Waals surface area contributed by atoms with E-state index in [9.17, 15) is 0 Å². The number of hydrogen-bond acceptors (Lipinski definition) is 1. The van der Waals surface area contributed by atoms with Gasteiger partial charge in [0, 0.05) is 0 Å². The molecule has 1 fully saturated rings. The Labute approximate surface area is 70.8 Å².